The molecule has 2 heterocycles. The number of fused-ring (bicyclic) bond motifs is 1. The number of hydrogen-bond donors (Lipinski definition) is 0. The van der Waals surface area contributed by atoms with Crippen LogP contribution in [-0.4, -0.2) is 26.0 Å². The maximum absolute atomic E-state index is 6.43. The second-order valence-corrected chi connectivity index (χ2v) is 7.64. The van der Waals surface area contributed by atoms with Crippen molar-refractivity contribution in [3.63, 3.8) is 0 Å². The first-order valence-corrected chi connectivity index (χ1v) is 8.11. The molecule has 2 aliphatic rings. The van der Waals surface area contributed by atoms with E-state index in [9.17, 15) is 0 Å². The quantitative estimate of drug-likeness (QED) is 0.811. The summed E-state index contributed by atoms with van der Waals surface area (Å²) in [6.45, 7) is 5.38. The largest absolute Gasteiger partial charge is 0.360 e. The van der Waals surface area contributed by atoms with E-state index >= 15 is 0 Å². The Bertz CT molecular complexity index is 682. The molecule has 1 aliphatic carbocycles. The number of nitrogens with zero attached hydrogens (tertiary/aromatic N) is 3. The van der Waals surface area contributed by atoms with Crippen LogP contribution < -0.4 is 0 Å². The van der Waals surface area contributed by atoms with Crippen molar-refractivity contribution in [3.8, 4) is 0 Å². The molecular formula is C17H20ClN3O. The van der Waals surface area contributed by atoms with Gasteiger partial charge in [-0.1, -0.05) is 37.6 Å². The number of aromatic nitrogens is 3. The van der Waals surface area contributed by atoms with Crippen molar-refractivity contribution in [2.45, 2.75) is 50.9 Å². The van der Waals surface area contributed by atoms with Gasteiger partial charge in [-0.25, -0.2) is 9.67 Å². The van der Waals surface area contributed by atoms with Crippen molar-refractivity contribution in [1.82, 2.24) is 14.8 Å². The molecule has 2 fully saturated rings. The zero-order valence-corrected chi connectivity index (χ0v) is 13.7. The maximum atomic E-state index is 6.43. The van der Waals surface area contributed by atoms with E-state index in [0.29, 0.717) is 0 Å². The van der Waals surface area contributed by atoms with Crippen LogP contribution in [0.15, 0.2) is 36.9 Å². The summed E-state index contributed by atoms with van der Waals surface area (Å²) >= 11 is 5.99. The summed E-state index contributed by atoms with van der Waals surface area (Å²) in [7, 11) is 0. The van der Waals surface area contributed by atoms with Crippen molar-refractivity contribution < 1.29 is 4.74 Å². The molecule has 0 spiro atoms. The van der Waals surface area contributed by atoms with Crippen LogP contribution in [0.3, 0.4) is 0 Å². The molecule has 0 radical (unpaired) electrons. The van der Waals surface area contributed by atoms with Crippen molar-refractivity contribution >= 4 is 11.6 Å². The van der Waals surface area contributed by atoms with Gasteiger partial charge in [0.2, 0.25) is 0 Å². The summed E-state index contributed by atoms with van der Waals surface area (Å²) in [5, 5.41) is 5.05. The van der Waals surface area contributed by atoms with Gasteiger partial charge in [0.25, 0.3) is 0 Å². The third kappa shape index (κ3) is 1.94. The molecular weight excluding hydrogens is 298 g/mol. The number of ether oxygens (including phenoxy) is 1. The first kappa shape index (κ1) is 14.2. The number of benzene rings is 1. The molecule has 2 aromatic rings. The smallest absolute Gasteiger partial charge is 0.137 e. The van der Waals surface area contributed by atoms with Gasteiger partial charge in [0.15, 0.2) is 0 Å². The van der Waals surface area contributed by atoms with Crippen molar-refractivity contribution in [2.75, 3.05) is 0 Å². The van der Waals surface area contributed by atoms with Gasteiger partial charge in [-0.05, 0) is 36.0 Å². The molecule has 0 unspecified atom stereocenters. The summed E-state index contributed by atoms with van der Waals surface area (Å²) in [5.41, 5.74) is 1.21. The van der Waals surface area contributed by atoms with Crippen LogP contribution in [0.25, 0.3) is 0 Å². The predicted molar refractivity (Wildman–Crippen MR) is 84.7 cm³/mol. The average molecular weight is 318 g/mol. The summed E-state index contributed by atoms with van der Waals surface area (Å²) in [4.78, 5) is 4.06. The lowest BCUT2D eigenvalue weighted by atomic mass is 9.76. The fourth-order valence-electron chi connectivity index (χ4n) is 4.16. The van der Waals surface area contributed by atoms with E-state index < -0.39 is 0 Å². The molecule has 1 aromatic heterocycles. The summed E-state index contributed by atoms with van der Waals surface area (Å²) < 4.78 is 8.33. The minimum absolute atomic E-state index is 0.0731. The second kappa shape index (κ2) is 4.56. The van der Waals surface area contributed by atoms with Gasteiger partial charge < -0.3 is 4.74 Å². The van der Waals surface area contributed by atoms with E-state index in [1.165, 1.54) is 12.0 Å². The van der Waals surface area contributed by atoms with Crippen LogP contribution in [0.4, 0.5) is 0 Å². The first-order chi connectivity index (χ1) is 10.5. The van der Waals surface area contributed by atoms with E-state index in [1.54, 1.807) is 12.7 Å². The molecule has 1 aliphatic heterocycles. The first-order valence-electron chi connectivity index (χ1n) is 7.74. The number of hydrogen-bond acceptors (Lipinski definition) is 3. The zero-order valence-electron chi connectivity index (χ0n) is 12.9. The Kier molecular flexibility index (Phi) is 2.94. The van der Waals surface area contributed by atoms with Gasteiger partial charge >= 0.3 is 0 Å². The second-order valence-electron chi connectivity index (χ2n) is 7.20. The molecule has 1 aromatic carbocycles. The highest BCUT2D eigenvalue weighted by molar-refractivity contribution is 6.30. The Balaban J connectivity index is 1.63. The van der Waals surface area contributed by atoms with Crippen LogP contribution in [0, 0.1) is 5.41 Å². The van der Waals surface area contributed by atoms with Gasteiger partial charge in [-0.3, -0.25) is 0 Å². The molecule has 0 amide bonds. The van der Waals surface area contributed by atoms with E-state index in [0.717, 1.165) is 24.4 Å². The molecule has 1 saturated carbocycles. The molecule has 0 N–H and O–H groups in total. The van der Waals surface area contributed by atoms with Gasteiger partial charge in [0.05, 0.1) is 6.54 Å². The summed E-state index contributed by atoms with van der Waals surface area (Å²) in [5.74, 6) is 0. The predicted octanol–water partition coefficient (Wildman–Crippen LogP) is 3.50. The Morgan fingerprint density at radius 1 is 1.23 bits per heavy atom. The minimum atomic E-state index is -0.145. The molecule has 5 heteroatoms. The lowest BCUT2D eigenvalue weighted by Gasteiger charge is -2.28. The van der Waals surface area contributed by atoms with E-state index in [1.807, 2.05) is 16.8 Å². The fourth-order valence-corrected chi connectivity index (χ4v) is 4.29. The van der Waals surface area contributed by atoms with E-state index in [2.05, 4.69) is 36.1 Å². The molecule has 4 rings (SSSR count). The highest BCUT2D eigenvalue weighted by atomic mass is 35.5. The Hall–Kier alpha value is -1.39. The van der Waals surface area contributed by atoms with Gasteiger partial charge in [0, 0.05) is 11.4 Å². The van der Waals surface area contributed by atoms with Crippen LogP contribution in [-0.2, 0) is 17.7 Å². The molecule has 0 bridgehead atoms. The van der Waals surface area contributed by atoms with Gasteiger partial charge in [-0.2, -0.15) is 5.10 Å². The molecule has 22 heavy (non-hydrogen) atoms. The number of halogens is 1. The highest BCUT2D eigenvalue weighted by Gasteiger charge is 2.79. The van der Waals surface area contributed by atoms with E-state index in [-0.39, 0.29) is 16.6 Å². The van der Waals surface area contributed by atoms with Crippen molar-refractivity contribution in [3.05, 3.63) is 47.5 Å². The van der Waals surface area contributed by atoms with Crippen molar-refractivity contribution in [2.24, 2.45) is 5.41 Å². The summed E-state index contributed by atoms with van der Waals surface area (Å²) in [6, 6.07) is 8.11. The highest BCUT2D eigenvalue weighted by Crippen LogP contribution is 2.69. The van der Waals surface area contributed by atoms with Gasteiger partial charge in [0.1, 0.15) is 23.9 Å². The van der Waals surface area contributed by atoms with E-state index in [4.69, 9.17) is 16.3 Å². The third-order valence-electron chi connectivity index (χ3n) is 5.57. The molecule has 2 atom stereocenters. The van der Waals surface area contributed by atoms with Crippen LogP contribution in [0.1, 0.15) is 32.3 Å². The Labute approximate surface area is 135 Å². The molecule has 4 nitrogen and oxygen atoms in total. The number of epoxide rings is 1. The lowest BCUT2D eigenvalue weighted by Crippen LogP contribution is -2.38. The Morgan fingerprint density at radius 2 is 2.00 bits per heavy atom. The topological polar surface area (TPSA) is 43.2 Å². The lowest BCUT2D eigenvalue weighted by molar-refractivity contribution is 0.0923. The summed E-state index contributed by atoms with van der Waals surface area (Å²) in [6.07, 6.45) is 6.56. The molecule has 1 saturated heterocycles. The average Bonchev–Trinajstić information content (AvgIpc) is 2.79. The van der Waals surface area contributed by atoms with Crippen molar-refractivity contribution in [1.29, 1.82) is 0 Å². The zero-order chi connectivity index (χ0) is 15.4. The van der Waals surface area contributed by atoms with Gasteiger partial charge in [-0.15, -0.1) is 0 Å². The standard InChI is InChI=1S/C17H20ClN3O/c1-15(2)7-8-16(9-13-3-5-14(18)6-4-13)17(15,22-16)10-21-12-19-11-20-21/h3-6,11-12H,7-10H2,1-2H3/t16-,17-/m1/s1. The Morgan fingerprint density at radius 3 is 2.68 bits per heavy atom. The maximum Gasteiger partial charge on any atom is 0.137 e. The van der Waals surface area contributed by atoms with Crippen LogP contribution in [0.2, 0.25) is 5.02 Å². The molecule has 116 valence electrons. The third-order valence-corrected chi connectivity index (χ3v) is 5.82. The SMILES string of the molecule is CC1(C)CC[C@]2(Cc3ccc(Cl)cc3)O[C@]12Cn1cncn1. The van der Waals surface area contributed by atoms with Crippen LogP contribution in [0.5, 0.6) is 0 Å². The number of rotatable bonds is 4. The van der Waals surface area contributed by atoms with Crippen LogP contribution >= 0.6 is 11.6 Å². The fraction of sp³-hybridized carbons (Fsp3) is 0.529. The minimum Gasteiger partial charge on any atom is -0.360 e. The normalized spacial score (nSPS) is 32.0. The monoisotopic (exact) mass is 317 g/mol.